The molecule has 0 aliphatic carbocycles. The summed E-state index contributed by atoms with van der Waals surface area (Å²) in [5.74, 6) is 0. The maximum absolute atomic E-state index is 12.1. The normalized spacial score (nSPS) is 10.7. The molecule has 19 heavy (non-hydrogen) atoms. The highest BCUT2D eigenvalue weighted by molar-refractivity contribution is 7.12. The quantitative estimate of drug-likeness (QED) is 0.714. The van der Waals surface area contributed by atoms with Crippen LogP contribution in [-0.2, 0) is 13.0 Å². The molecule has 0 radical (unpaired) electrons. The van der Waals surface area contributed by atoms with E-state index in [0.29, 0.717) is 13.0 Å². The maximum atomic E-state index is 12.1. The summed E-state index contributed by atoms with van der Waals surface area (Å²) in [6, 6.07) is 9.42. The van der Waals surface area contributed by atoms with Crippen molar-refractivity contribution in [2.75, 3.05) is 0 Å². The van der Waals surface area contributed by atoms with Gasteiger partial charge in [0.05, 0.1) is 6.54 Å². The molecule has 0 saturated heterocycles. The number of tetrazole rings is 1. The van der Waals surface area contributed by atoms with E-state index in [-0.39, 0.29) is 5.69 Å². The van der Waals surface area contributed by atoms with Crippen molar-refractivity contribution in [1.82, 2.24) is 24.8 Å². The number of hydrogen-bond acceptors (Lipinski definition) is 5. The predicted molar refractivity (Wildman–Crippen MR) is 71.4 cm³/mol. The Morgan fingerprint density at radius 1 is 1.16 bits per heavy atom. The van der Waals surface area contributed by atoms with E-state index in [1.807, 2.05) is 35.7 Å². The molecule has 0 N–H and O–H groups in total. The van der Waals surface area contributed by atoms with Gasteiger partial charge in [0.25, 0.3) is 0 Å². The zero-order valence-electron chi connectivity index (χ0n) is 10.0. The van der Waals surface area contributed by atoms with Crippen molar-refractivity contribution in [2.24, 2.45) is 0 Å². The standard InChI is InChI=1S/C12H11N5OS/c18-12-16(8-6-10-4-1-2-7-13-10)14-15-17(12)11-5-3-9-19-11/h1-5,7,9H,6,8H2. The number of pyridine rings is 1. The van der Waals surface area contributed by atoms with Crippen LogP contribution in [0.3, 0.4) is 0 Å². The molecule has 0 spiro atoms. The molecule has 3 aromatic rings. The van der Waals surface area contributed by atoms with Crippen LogP contribution in [0.1, 0.15) is 5.69 Å². The number of rotatable bonds is 4. The van der Waals surface area contributed by atoms with Gasteiger partial charge in [0.1, 0.15) is 5.00 Å². The van der Waals surface area contributed by atoms with E-state index < -0.39 is 0 Å². The topological polar surface area (TPSA) is 65.6 Å². The molecule has 3 aromatic heterocycles. The fourth-order valence-corrected chi connectivity index (χ4v) is 2.38. The third kappa shape index (κ3) is 2.45. The van der Waals surface area contributed by atoms with Crippen molar-refractivity contribution < 1.29 is 0 Å². The van der Waals surface area contributed by atoms with Gasteiger partial charge in [-0.2, -0.15) is 9.36 Å². The zero-order chi connectivity index (χ0) is 13.1. The Hall–Kier alpha value is -2.28. The molecule has 96 valence electrons. The monoisotopic (exact) mass is 273 g/mol. The van der Waals surface area contributed by atoms with Crippen LogP contribution in [0, 0.1) is 0 Å². The van der Waals surface area contributed by atoms with Crippen molar-refractivity contribution in [1.29, 1.82) is 0 Å². The summed E-state index contributed by atoms with van der Waals surface area (Å²) < 4.78 is 2.66. The number of nitrogens with zero attached hydrogens (tertiary/aromatic N) is 5. The van der Waals surface area contributed by atoms with E-state index >= 15 is 0 Å². The molecule has 3 rings (SSSR count). The molecule has 0 atom stereocenters. The van der Waals surface area contributed by atoms with E-state index in [2.05, 4.69) is 15.4 Å². The Morgan fingerprint density at radius 3 is 2.84 bits per heavy atom. The lowest BCUT2D eigenvalue weighted by molar-refractivity contribution is 0.569. The molecule has 7 heteroatoms. The molecular formula is C12H11N5OS. The lowest BCUT2D eigenvalue weighted by Gasteiger charge is -1.98. The van der Waals surface area contributed by atoms with Crippen LogP contribution in [0.15, 0.2) is 46.7 Å². The third-order valence-corrected chi connectivity index (χ3v) is 3.50. The van der Waals surface area contributed by atoms with Crippen LogP contribution < -0.4 is 5.69 Å². The second-order valence-electron chi connectivity index (χ2n) is 3.92. The molecule has 0 aromatic carbocycles. The molecule has 0 saturated carbocycles. The summed E-state index contributed by atoms with van der Waals surface area (Å²) in [5, 5.41) is 10.4. The average molecular weight is 273 g/mol. The molecule has 0 amide bonds. The van der Waals surface area contributed by atoms with Gasteiger partial charge in [0.15, 0.2) is 0 Å². The van der Waals surface area contributed by atoms with Crippen molar-refractivity contribution >= 4 is 11.3 Å². The second kappa shape index (κ2) is 5.15. The Bertz CT molecular complexity index is 701. The fraction of sp³-hybridized carbons (Fsp3) is 0.167. The first kappa shape index (κ1) is 11.8. The maximum Gasteiger partial charge on any atom is 0.369 e. The lowest BCUT2D eigenvalue weighted by Crippen LogP contribution is -2.24. The summed E-state index contributed by atoms with van der Waals surface area (Å²) in [6.45, 7) is 0.473. The first-order valence-electron chi connectivity index (χ1n) is 5.81. The van der Waals surface area contributed by atoms with Crippen molar-refractivity contribution in [2.45, 2.75) is 13.0 Å². The largest absolute Gasteiger partial charge is 0.369 e. The Balaban J connectivity index is 1.78. The number of hydrogen-bond donors (Lipinski definition) is 0. The molecular weight excluding hydrogens is 262 g/mol. The highest BCUT2D eigenvalue weighted by Gasteiger charge is 2.09. The average Bonchev–Trinajstić information content (AvgIpc) is 3.07. The van der Waals surface area contributed by atoms with E-state index in [1.54, 1.807) is 6.20 Å². The van der Waals surface area contributed by atoms with Gasteiger partial charge in [-0.05, 0) is 40.1 Å². The zero-order valence-corrected chi connectivity index (χ0v) is 10.8. The Labute approximate surface area is 112 Å². The third-order valence-electron chi connectivity index (χ3n) is 2.66. The molecule has 0 aliphatic heterocycles. The Kier molecular flexibility index (Phi) is 3.20. The number of aromatic nitrogens is 5. The summed E-state index contributed by atoms with van der Waals surface area (Å²) in [5.41, 5.74) is 0.707. The van der Waals surface area contributed by atoms with Gasteiger partial charge in [0, 0.05) is 18.3 Å². The van der Waals surface area contributed by atoms with Gasteiger partial charge in [-0.15, -0.1) is 11.3 Å². The van der Waals surface area contributed by atoms with E-state index in [9.17, 15) is 4.79 Å². The van der Waals surface area contributed by atoms with Crippen LogP contribution >= 0.6 is 11.3 Å². The van der Waals surface area contributed by atoms with Crippen LogP contribution in [-0.4, -0.2) is 24.8 Å². The van der Waals surface area contributed by atoms with E-state index in [1.165, 1.54) is 20.7 Å². The predicted octanol–water partition coefficient (Wildman–Crippen LogP) is 1.13. The summed E-state index contributed by atoms with van der Waals surface area (Å²) >= 11 is 1.45. The van der Waals surface area contributed by atoms with Crippen LogP contribution in [0.25, 0.3) is 5.00 Å². The van der Waals surface area contributed by atoms with Gasteiger partial charge >= 0.3 is 5.69 Å². The molecule has 0 fully saturated rings. The summed E-state index contributed by atoms with van der Waals surface area (Å²) in [4.78, 5) is 16.3. The first-order chi connectivity index (χ1) is 9.34. The highest BCUT2D eigenvalue weighted by atomic mass is 32.1. The van der Waals surface area contributed by atoms with E-state index in [4.69, 9.17) is 0 Å². The van der Waals surface area contributed by atoms with Gasteiger partial charge in [-0.25, -0.2) is 4.79 Å². The number of aryl methyl sites for hydroxylation is 2. The smallest absolute Gasteiger partial charge is 0.261 e. The van der Waals surface area contributed by atoms with Gasteiger partial charge in [0.2, 0.25) is 0 Å². The minimum Gasteiger partial charge on any atom is -0.261 e. The Morgan fingerprint density at radius 2 is 2.11 bits per heavy atom. The highest BCUT2D eigenvalue weighted by Crippen LogP contribution is 2.10. The van der Waals surface area contributed by atoms with E-state index in [0.717, 1.165) is 10.7 Å². The van der Waals surface area contributed by atoms with Crippen LogP contribution in [0.5, 0.6) is 0 Å². The fourth-order valence-electron chi connectivity index (χ4n) is 1.71. The second-order valence-corrected chi connectivity index (χ2v) is 4.84. The van der Waals surface area contributed by atoms with Crippen LogP contribution in [0.4, 0.5) is 0 Å². The molecule has 0 aliphatic rings. The van der Waals surface area contributed by atoms with Crippen molar-refractivity contribution in [3.8, 4) is 5.00 Å². The van der Waals surface area contributed by atoms with Gasteiger partial charge in [-0.1, -0.05) is 6.07 Å². The molecule has 6 nitrogen and oxygen atoms in total. The minimum absolute atomic E-state index is 0.224. The minimum atomic E-state index is -0.224. The lowest BCUT2D eigenvalue weighted by atomic mass is 10.3. The molecule has 0 unspecified atom stereocenters. The summed E-state index contributed by atoms with van der Waals surface area (Å²) in [6.07, 6.45) is 2.39. The molecule has 0 bridgehead atoms. The summed E-state index contributed by atoms with van der Waals surface area (Å²) in [7, 11) is 0. The molecule has 3 heterocycles. The van der Waals surface area contributed by atoms with Crippen molar-refractivity contribution in [3.05, 3.63) is 58.1 Å². The van der Waals surface area contributed by atoms with Gasteiger partial charge < -0.3 is 0 Å². The first-order valence-corrected chi connectivity index (χ1v) is 6.69. The van der Waals surface area contributed by atoms with Crippen LogP contribution in [0.2, 0.25) is 0 Å². The van der Waals surface area contributed by atoms with Gasteiger partial charge in [-0.3, -0.25) is 4.98 Å². The number of thiophene rings is 1. The SMILES string of the molecule is O=c1n(CCc2ccccn2)nnn1-c1cccs1. The van der Waals surface area contributed by atoms with Crippen molar-refractivity contribution in [3.63, 3.8) is 0 Å².